The van der Waals surface area contributed by atoms with Gasteiger partial charge in [-0.3, -0.25) is 9.69 Å². The number of likely N-dealkylation sites (tertiary alicyclic amines) is 1. The highest BCUT2D eigenvalue weighted by atomic mass is 32.2. The SMILES string of the molecule is CC(C)c1cc(C(C)C)c(S(=O)(=O)N2CC(N3CCC(C(N)=O)CC3)C2)c(C(C)C)c1. The molecule has 0 bridgehead atoms. The number of carbonyl (C=O) groups is 1. The molecular weight excluding hydrogens is 410 g/mol. The Kier molecular flexibility index (Phi) is 7.18. The summed E-state index contributed by atoms with van der Waals surface area (Å²) >= 11 is 0. The van der Waals surface area contributed by atoms with Crippen molar-refractivity contribution in [3.8, 4) is 0 Å². The molecule has 6 nitrogen and oxygen atoms in total. The first-order valence-electron chi connectivity index (χ1n) is 11.6. The Morgan fingerprint density at radius 2 is 1.42 bits per heavy atom. The van der Waals surface area contributed by atoms with E-state index < -0.39 is 10.0 Å². The molecule has 2 aliphatic rings. The summed E-state index contributed by atoms with van der Waals surface area (Å²) in [7, 11) is -3.56. The van der Waals surface area contributed by atoms with Gasteiger partial charge in [0.15, 0.2) is 0 Å². The van der Waals surface area contributed by atoms with Crippen LogP contribution in [0.4, 0.5) is 0 Å². The fraction of sp³-hybridized carbons (Fsp3) is 0.708. The Morgan fingerprint density at radius 1 is 0.935 bits per heavy atom. The van der Waals surface area contributed by atoms with Gasteiger partial charge in [-0.2, -0.15) is 4.31 Å². The largest absolute Gasteiger partial charge is 0.369 e. The lowest BCUT2D eigenvalue weighted by molar-refractivity contribution is -0.123. The van der Waals surface area contributed by atoms with Gasteiger partial charge in [-0.25, -0.2) is 8.42 Å². The predicted octanol–water partition coefficient (Wildman–Crippen LogP) is 3.63. The van der Waals surface area contributed by atoms with Gasteiger partial charge in [0.05, 0.1) is 4.90 Å². The summed E-state index contributed by atoms with van der Waals surface area (Å²) in [4.78, 5) is 14.3. The normalized spacial score (nSPS) is 20.0. The van der Waals surface area contributed by atoms with Crippen LogP contribution in [0.3, 0.4) is 0 Å². The minimum absolute atomic E-state index is 0.0437. The van der Waals surface area contributed by atoms with E-state index in [4.69, 9.17) is 5.73 Å². The zero-order chi connectivity index (χ0) is 23.1. The number of hydrogen-bond acceptors (Lipinski definition) is 4. The molecule has 2 N–H and O–H groups in total. The fourth-order valence-corrected chi connectivity index (χ4v) is 6.89. The number of nitrogens with two attached hydrogens (primary N) is 1. The second-order valence-corrected chi connectivity index (χ2v) is 12.1. The Hall–Kier alpha value is -1.44. The Labute approximate surface area is 188 Å². The van der Waals surface area contributed by atoms with Crippen molar-refractivity contribution in [1.29, 1.82) is 0 Å². The first-order chi connectivity index (χ1) is 14.4. The smallest absolute Gasteiger partial charge is 0.243 e. The monoisotopic (exact) mass is 449 g/mol. The molecule has 7 heteroatoms. The summed E-state index contributed by atoms with van der Waals surface area (Å²) in [5.41, 5.74) is 8.50. The minimum atomic E-state index is -3.56. The van der Waals surface area contributed by atoms with Crippen molar-refractivity contribution in [3.05, 3.63) is 28.8 Å². The van der Waals surface area contributed by atoms with E-state index in [1.54, 1.807) is 4.31 Å². The van der Waals surface area contributed by atoms with Crippen LogP contribution in [0.2, 0.25) is 0 Å². The Balaban J connectivity index is 1.84. The Bertz CT molecular complexity index is 881. The van der Waals surface area contributed by atoms with Crippen LogP contribution in [-0.4, -0.2) is 55.8 Å². The molecule has 3 rings (SSSR count). The van der Waals surface area contributed by atoms with E-state index in [2.05, 4.69) is 58.6 Å². The molecule has 0 unspecified atom stereocenters. The van der Waals surface area contributed by atoms with E-state index in [-0.39, 0.29) is 29.7 Å². The third-order valence-corrected chi connectivity index (χ3v) is 8.92. The van der Waals surface area contributed by atoms with Crippen molar-refractivity contribution in [2.75, 3.05) is 26.2 Å². The molecule has 2 aliphatic heterocycles. The van der Waals surface area contributed by atoms with Crippen molar-refractivity contribution in [3.63, 3.8) is 0 Å². The van der Waals surface area contributed by atoms with E-state index in [9.17, 15) is 13.2 Å². The third-order valence-electron chi connectivity index (χ3n) is 6.95. The number of carbonyl (C=O) groups excluding carboxylic acids is 1. The Morgan fingerprint density at radius 3 is 1.81 bits per heavy atom. The molecule has 2 heterocycles. The summed E-state index contributed by atoms with van der Waals surface area (Å²) < 4.78 is 29.2. The highest BCUT2D eigenvalue weighted by molar-refractivity contribution is 7.89. The van der Waals surface area contributed by atoms with Gasteiger partial charge in [0, 0.05) is 25.0 Å². The van der Waals surface area contributed by atoms with Gasteiger partial charge in [0.2, 0.25) is 15.9 Å². The van der Waals surface area contributed by atoms with Crippen molar-refractivity contribution in [1.82, 2.24) is 9.21 Å². The second kappa shape index (κ2) is 9.20. The summed E-state index contributed by atoms with van der Waals surface area (Å²) in [5.74, 6) is 0.350. The molecule has 0 aromatic heterocycles. The first kappa shape index (κ1) is 24.2. The van der Waals surface area contributed by atoms with Gasteiger partial charge in [0.25, 0.3) is 0 Å². The molecule has 2 saturated heterocycles. The number of piperidine rings is 1. The van der Waals surface area contributed by atoms with Crippen molar-refractivity contribution >= 4 is 15.9 Å². The van der Waals surface area contributed by atoms with Crippen LogP contribution in [0.15, 0.2) is 17.0 Å². The number of primary amides is 1. The zero-order valence-electron chi connectivity index (χ0n) is 19.9. The summed E-state index contributed by atoms with van der Waals surface area (Å²) in [5, 5.41) is 0. The van der Waals surface area contributed by atoms with Crippen LogP contribution in [-0.2, 0) is 14.8 Å². The highest BCUT2D eigenvalue weighted by Crippen LogP contribution is 2.38. The van der Waals surface area contributed by atoms with E-state index >= 15 is 0 Å². The second-order valence-electron chi connectivity index (χ2n) is 10.2. The molecule has 0 saturated carbocycles. The van der Waals surface area contributed by atoms with E-state index in [0.29, 0.717) is 23.9 Å². The topological polar surface area (TPSA) is 83.7 Å². The molecule has 0 atom stereocenters. The number of sulfonamides is 1. The number of amides is 1. The molecule has 174 valence electrons. The summed E-state index contributed by atoms with van der Waals surface area (Å²) in [6.07, 6.45) is 1.54. The average molecular weight is 450 g/mol. The summed E-state index contributed by atoms with van der Waals surface area (Å²) in [6, 6.07) is 4.42. The standard InChI is InChI=1S/C24H39N3O3S/c1-15(2)19-11-21(16(3)4)23(22(12-19)17(5)6)31(29,30)27-13-20(14-27)26-9-7-18(8-10-26)24(25)28/h11-12,15-18,20H,7-10,13-14H2,1-6H3,(H2,25,28). The molecular formula is C24H39N3O3S. The predicted molar refractivity (Wildman–Crippen MR) is 125 cm³/mol. The van der Waals surface area contributed by atoms with Crippen LogP contribution in [0.25, 0.3) is 0 Å². The lowest BCUT2D eigenvalue weighted by Gasteiger charge is -2.47. The van der Waals surface area contributed by atoms with Gasteiger partial charge in [-0.05, 0) is 60.4 Å². The lowest BCUT2D eigenvalue weighted by Crippen LogP contribution is -2.62. The van der Waals surface area contributed by atoms with Gasteiger partial charge in [-0.1, -0.05) is 53.7 Å². The molecule has 2 fully saturated rings. The first-order valence-corrected chi connectivity index (χ1v) is 13.1. The molecule has 0 radical (unpaired) electrons. The minimum Gasteiger partial charge on any atom is -0.369 e. The average Bonchev–Trinajstić information content (AvgIpc) is 2.65. The third kappa shape index (κ3) is 4.83. The number of nitrogens with zero attached hydrogens (tertiary/aromatic N) is 2. The van der Waals surface area contributed by atoms with Gasteiger partial charge < -0.3 is 5.73 Å². The maximum Gasteiger partial charge on any atom is 0.243 e. The van der Waals surface area contributed by atoms with Crippen molar-refractivity contribution < 1.29 is 13.2 Å². The maximum atomic E-state index is 13.8. The van der Waals surface area contributed by atoms with Gasteiger partial charge in [0.1, 0.15) is 0 Å². The van der Waals surface area contributed by atoms with E-state index in [1.807, 2.05) is 0 Å². The molecule has 0 spiro atoms. The van der Waals surface area contributed by atoms with Crippen LogP contribution in [0.5, 0.6) is 0 Å². The zero-order valence-corrected chi connectivity index (χ0v) is 20.7. The van der Waals surface area contributed by atoms with E-state index in [0.717, 1.165) is 37.1 Å². The van der Waals surface area contributed by atoms with Gasteiger partial charge >= 0.3 is 0 Å². The fourth-order valence-electron chi connectivity index (χ4n) is 4.71. The quantitative estimate of drug-likeness (QED) is 0.689. The van der Waals surface area contributed by atoms with Crippen LogP contribution in [0.1, 0.15) is 88.8 Å². The lowest BCUT2D eigenvalue weighted by atomic mass is 9.89. The molecule has 31 heavy (non-hydrogen) atoms. The summed E-state index contributed by atoms with van der Waals surface area (Å²) in [6.45, 7) is 15.3. The number of hydrogen-bond donors (Lipinski definition) is 1. The van der Waals surface area contributed by atoms with Crippen LogP contribution in [0, 0.1) is 5.92 Å². The number of benzene rings is 1. The van der Waals surface area contributed by atoms with Crippen molar-refractivity contribution in [2.24, 2.45) is 11.7 Å². The van der Waals surface area contributed by atoms with Gasteiger partial charge in [-0.15, -0.1) is 0 Å². The molecule has 1 aromatic carbocycles. The number of rotatable bonds is 7. The molecule has 1 amide bonds. The van der Waals surface area contributed by atoms with Crippen molar-refractivity contribution in [2.45, 2.75) is 83.1 Å². The van der Waals surface area contributed by atoms with Crippen LogP contribution < -0.4 is 5.73 Å². The molecule has 1 aromatic rings. The van der Waals surface area contributed by atoms with E-state index in [1.165, 1.54) is 5.56 Å². The maximum absolute atomic E-state index is 13.8. The highest BCUT2D eigenvalue weighted by Gasteiger charge is 2.42. The van der Waals surface area contributed by atoms with Crippen LogP contribution >= 0.6 is 0 Å². The molecule has 0 aliphatic carbocycles.